The molecule has 1 rings (SSSR count). The topological polar surface area (TPSA) is 9.23 Å². The van der Waals surface area contributed by atoms with Crippen LogP contribution in [0.25, 0.3) is 6.08 Å². The summed E-state index contributed by atoms with van der Waals surface area (Å²) >= 11 is 6.72. The maximum Gasteiger partial charge on any atom is 0.250 e. The van der Waals surface area contributed by atoms with Gasteiger partial charge in [0.2, 0.25) is 8.32 Å². The molecule has 0 saturated carbocycles. The minimum Gasteiger partial charge on any atom is -0.544 e. The van der Waals surface area contributed by atoms with Gasteiger partial charge in [0.25, 0.3) is 0 Å². The van der Waals surface area contributed by atoms with Crippen LogP contribution in [0.15, 0.2) is 27.7 Å². The van der Waals surface area contributed by atoms with Gasteiger partial charge in [-0.3, -0.25) is 0 Å². The van der Waals surface area contributed by atoms with E-state index < -0.39 is 8.32 Å². The molecule has 0 aromatic heterocycles. The van der Waals surface area contributed by atoms with Crippen LogP contribution in [-0.2, 0) is 0 Å². The molecule has 1 aromatic carbocycles. The summed E-state index contributed by atoms with van der Waals surface area (Å²) in [7, 11) is -1.73. The van der Waals surface area contributed by atoms with Crippen LogP contribution in [0.4, 0.5) is 0 Å². The third-order valence-electron chi connectivity index (χ3n) is 3.34. The molecule has 0 fully saturated rings. The summed E-state index contributed by atoms with van der Waals surface area (Å²) in [6.45, 7) is 11.3. The Hall–Kier alpha value is -0.0631. The van der Waals surface area contributed by atoms with Gasteiger partial charge in [-0.25, -0.2) is 0 Å². The number of hydrogen-bond acceptors (Lipinski definition) is 1. The normalized spacial score (nSPS) is 12.2. The molecule has 0 aliphatic carbocycles. The highest BCUT2D eigenvalue weighted by Gasteiger charge is 2.38. The first-order valence-electron chi connectivity index (χ1n) is 5.93. The van der Waals surface area contributed by atoms with Crippen molar-refractivity contribution in [3.05, 3.63) is 33.2 Å². The van der Waals surface area contributed by atoms with Gasteiger partial charge in [0.05, 0.1) is 3.39 Å². The summed E-state index contributed by atoms with van der Waals surface area (Å²) in [6.07, 6.45) is 2.01. The summed E-state index contributed by atoms with van der Waals surface area (Å²) in [5.41, 5.74) is 1.14. The lowest BCUT2D eigenvalue weighted by Gasteiger charge is -2.36. The molecular weight excluding hydrogens is 372 g/mol. The van der Waals surface area contributed by atoms with E-state index in [1.54, 1.807) is 0 Å². The van der Waals surface area contributed by atoms with Gasteiger partial charge in [-0.2, -0.15) is 0 Å². The number of hydrogen-bond donors (Lipinski definition) is 0. The second kappa shape index (κ2) is 5.93. The summed E-state index contributed by atoms with van der Waals surface area (Å²) in [6, 6.07) is 8.19. The van der Waals surface area contributed by atoms with Gasteiger partial charge in [-0.15, -0.1) is 0 Å². The zero-order valence-electron chi connectivity index (χ0n) is 11.6. The van der Waals surface area contributed by atoms with Crippen molar-refractivity contribution in [2.75, 3.05) is 0 Å². The summed E-state index contributed by atoms with van der Waals surface area (Å²) in [5.74, 6) is 0.962. The molecule has 0 aliphatic heterocycles. The van der Waals surface area contributed by atoms with Crippen LogP contribution in [0.3, 0.4) is 0 Å². The molecule has 0 unspecified atom stereocenters. The molecule has 0 atom stereocenters. The maximum atomic E-state index is 6.22. The Morgan fingerprint density at radius 3 is 2.00 bits per heavy atom. The predicted molar refractivity (Wildman–Crippen MR) is 90.1 cm³/mol. The number of rotatable bonds is 3. The lowest BCUT2D eigenvalue weighted by Crippen LogP contribution is -2.43. The Kier molecular flexibility index (Phi) is 5.27. The van der Waals surface area contributed by atoms with E-state index in [-0.39, 0.29) is 5.04 Å². The van der Waals surface area contributed by atoms with E-state index in [1.165, 1.54) is 0 Å². The molecule has 0 heterocycles. The maximum absolute atomic E-state index is 6.22. The smallest absolute Gasteiger partial charge is 0.250 e. The van der Waals surface area contributed by atoms with Crippen molar-refractivity contribution in [2.45, 2.75) is 38.9 Å². The Bertz CT molecular complexity index is 426. The number of benzene rings is 1. The first-order chi connectivity index (χ1) is 8.12. The van der Waals surface area contributed by atoms with Crippen LogP contribution in [0.5, 0.6) is 5.75 Å². The lowest BCUT2D eigenvalue weighted by molar-refractivity contribution is 0.492. The molecule has 0 radical (unpaired) electrons. The molecule has 18 heavy (non-hydrogen) atoms. The van der Waals surface area contributed by atoms with Crippen molar-refractivity contribution in [1.29, 1.82) is 0 Å². The van der Waals surface area contributed by atoms with E-state index in [9.17, 15) is 0 Å². The highest BCUT2D eigenvalue weighted by Crippen LogP contribution is 2.37. The third-order valence-corrected chi connectivity index (χ3v) is 8.15. The zero-order chi connectivity index (χ0) is 14.0. The van der Waals surface area contributed by atoms with E-state index in [2.05, 4.69) is 77.9 Å². The average molecular weight is 392 g/mol. The Labute approximate surface area is 128 Å². The standard InChI is InChI=1S/C14H20Br2OSi/c1-14(2,3)18(4,5)17-12-8-6-11(7-9-12)10-13(15)16/h6-10H,1-5H3. The van der Waals surface area contributed by atoms with Crippen LogP contribution < -0.4 is 4.43 Å². The van der Waals surface area contributed by atoms with E-state index in [0.717, 1.165) is 14.7 Å². The van der Waals surface area contributed by atoms with Gasteiger partial charge >= 0.3 is 0 Å². The molecule has 0 spiro atoms. The average Bonchev–Trinajstić information content (AvgIpc) is 2.18. The van der Waals surface area contributed by atoms with Crippen molar-refractivity contribution in [3.8, 4) is 5.75 Å². The minimum atomic E-state index is -1.73. The van der Waals surface area contributed by atoms with E-state index in [4.69, 9.17) is 4.43 Å². The summed E-state index contributed by atoms with van der Waals surface area (Å²) in [5, 5.41) is 0.227. The SMILES string of the molecule is CC(C)(C)[Si](C)(C)Oc1ccc(C=C(Br)Br)cc1. The van der Waals surface area contributed by atoms with Crippen LogP contribution in [0.2, 0.25) is 18.1 Å². The van der Waals surface area contributed by atoms with Crippen molar-refractivity contribution >= 4 is 46.3 Å². The quantitative estimate of drug-likeness (QED) is 0.560. The molecule has 100 valence electrons. The highest BCUT2D eigenvalue weighted by molar-refractivity contribution is 9.28. The monoisotopic (exact) mass is 390 g/mol. The minimum absolute atomic E-state index is 0.227. The molecule has 0 amide bonds. The van der Waals surface area contributed by atoms with Crippen molar-refractivity contribution in [1.82, 2.24) is 0 Å². The summed E-state index contributed by atoms with van der Waals surface area (Å²) in [4.78, 5) is 0. The van der Waals surface area contributed by atoms with Crippen molar-refractivity contribution in [3.63, 3.8) is 0 Å². The van der Waals surface area contributed by atoms with Gasteiger partial charge in [0, 0.05) is 0 Å². The first kappa shape index (κ1) is 16.0. The second-order valence-electron chi connectivity index (χ2n) is 5.87. The Morgan fingerprint density at radius 1 is 1.11 bits per heavy atom. The lowest BCUT2D eigenvalue weighted by atomic mass is 10.2. The second-order valence-corrected chi connectivity index (χ2v) is 13.4. The van der Waals surface area contributed by atoms with Crippen LogP contribution >= 0.6 is 31.9 Å². The van der Waals surface area contributed by atoms with Gasteiger partial charge in [-0.1, -0.05) is 32.9 Å². The summed E-state index contributed by atoms with van der Waals surface area (Å²) < 4.78 is 7.16. The Balaban J connectivity index is 2.85. The zero-order valence-corrected chi connectivity index (χ0v) is 15.7. The molecule has 0 bridgehead atoms. The van der Waals surface area contributed by atoms with Crippen LogP contribution in [0, 0.1) is 0 Å². The van der Waals surface area contributed by atoms with E-state index in [1.807, 2.05) is 18.2 Å². The fourth-order valence-corrected chi connectivity index (χ4v) is 2.77. The third kappa shape index (κ3) is 4.56. The first-order valence-corrected chi connectivity index (χ1v) is 10.4. The molecule has 4 heteroatoms. The van der Waals surface area contributed by atoms with E-state index >= 15 is 0 Å². The van der Waals surface area contributed by atoms with Gasteiger partial charge in [0.15, 0.2) is 0 Å². The molecule has 1 aromatic rings. The fourth-order valence-electron chi connectivity index (χ4n) is 1.21. The fraction of sp³-hybridized carbons (Fsp3) is 0.429. The van der Waals surface area contributed by atoms with E-state index in [0.29, 0.717) is 0 Å². The predicted octanol–water partition coefficient (Wildman–Crippen LogP) is 6.16. The van der Waals surface area contributed by atoms with Crippen LogP contribution in [0.1, 0.15) is 26.3 Å². The number of halogens is 2. The van der Waals surface area contributed by atoms with Crippen molar-refractivity contribution in [2.24, 2.45) is 0 Å². The molecular formula is C14H20Br2OSi. The molecule has 0 saturated heterocycles. The van der Waals surface area contributed by atoms with Gasteiger partial charge < -0.3 is 4.43 Å². The Morgan fingerprint density at radius 2 is 1.61 bits per heavy atom. The van der Waals surface area contributed by atoms with Crippen LogP contribution in [-0.4, -0.2) is 8.32 Å². The largest absolute Gasteiger partial charge is 0.544 e. The van der Waals surface area contributed by atoms with Gasteiger partial charge in [0.1, 0.15) is 5.75 Å². The molecule has 0 aliphatic rings. The molecule has 1 nitrogen and oxygen atoms in total. The molecule has 0 N–H and O–H groups in total. The van der Waals surface area contributed by atoms with Crippen molar-refractivity contribution < 1.29 is 4.43 Å². The highest BCUT2D eigenvalue weighted by atomic mass is 79.9. The van der Waals surface area contributed by atoms with Gasteiger partial charge in [-0.05, 0) is 73.8 Å².